The second kappa shape index (κ2) is 8.89. The summed E-state index contributed by atoms with van der Waals surface area (Å²) in [5, 5.41) is 10.9. The normalized spacial score (nSPS) is 15.2. The Balaban J connectivity index is 1.52. The molecule has 0 bridgehead atoms. The van der Waals surface area contributed by atoms with Gasteiger partial charge in [-0.15, -0.1) is 0 Å². The minimum absolute atomic E-state index is 0.122. The van der Waals surface area contributed by atoms with E-state index in [-0.39, 0.29) is 11.7 Å². The fourth-order valence-corrected chi connectivity index (χ4v) is 4.10. The van der Waals surface area contributed by atoms with Crippen molar-refractivity contribution in [1.29, 1.82) is 0 Å². The van der Waals surface area contributed by atoms with E-state index in [9.17, 15) is 19.1 Å². The fourth-order valence-electron chi connectivity index (χ4n) is 4.10. The Labute approximate surface area is 179 Å². The molecular formula is C24H25FN2O4. The summed E-state index contributed by atoms with van der Waals surface area (Å²) in [5.74, 6) is -0.471. The van der Waals surface area contributed by atoms with Crippen molar-refractivity contribution in [2.24, 2.45) is 0 Å². The lowest BCUT2D eigenvalue weighted by atomic mass is 10.0. The molecule has 0 radical (unpaired) electrons. The summed E-state index contributed by atoms with van der Waals surface area (Å²) in [5.41, 5.74) is 1.90. The van der Waals surface area contributed by atoms with Gasteiger partial charge in [0.1, 0.15) is 17.1 Å². The first-order chi connectivity index (χ1) is 14.9. The largest absolute Gasteiger partial charge is 0.508 e. The van der Waals surface area contributed by atoms with Crippen LogP contribution in [-0.4, -0.2) is 47.0 Å². The standard InChI is InChI=1S/C24H25FN2O4/c1-2-16-12-20-18(13-23(29)31-22(20)14-21(16)28)15-26-7-4-8-27(10-9-26)24(30)17-5-3-6-19(25)11-17/h3,5-6,11-14,28H,2,4,7-10,15H2,1H3. The minimum Gasteiger partial charge on any atom is -0.508 e. The number of hydrogen-bond acceptors (Lipinski definition) is 5. The topological polar surface area (TPSA) is 74.0 Å². The van der Waals surface area contributed by atoms with Gasteiger partial charge in [-0.25, -0.2) is 9.18 Å². The van der Waals surface area contributed by atoms with Gasteiger partial charge >= 0.3 is 5.63 Å². The van der Waals surface area contributed by atoms with Crippen molar-refractivity contribution in [2.45, 2.75) is 26.3 Å². The number of benzene rings is 2. The number of phenols is 1. The molecule has 4 rings (SSSR count). The summed E-state index contributed by atoms with van der Waals surface area (Å²) in [7, 11) is 0. The van der Waals surface area contributed by atoms with Crippen molar-refractivity contribution in [2.75, 3.05) is 26.2 Å². The third-order valence-electron chi connectivity index (χ3n) is 5.75. The lowest BCUT2D eigenvalue weighted by Crippen LogP contribution is -2.35. The van der Waals surface area contributed by atoms with Crippen LogP contribution in [0, 0.1) is 5.82 Å². The maximum absolute atomic E-state index is 13.5. The Morgan fingerprint density at radius 2 is 1.94 bits per heavy atom. The molecule has 0 saturated carbocycles. The molecule has 2 heterocycles. The second-order valence-corrected chi connectivity index (χ2v) is 7.85. The van der Waals surface area contributed by atoms with Crippen LogP contribution < -0.4 is 5.63 Å². The molecule has 0 aliphatic carbocycles. The quantitative estimate of drug-likeness (QED) is 0.649. The number of amides is 1. The summed E-state index contributed by atoms with van der Waals surface area (Å²) >= 11 is 0. The maximum atomic E-state index is 13.5. The molecule has 1 amide bonds. The Bertz CT molecular complexity index is 1170. The van der Waals surface area contributed by atoms with E-state index in [2.05, 4.69) is 4.90 Å². The first-order valence-electron chi connectivity index (χ1n) is 10.5. The number of hydrogen-bond donors (Lipinski definition) is 1. The number of aromatic hydroxyl groups is 1. The van der Waals surface area contributed by atoms with Crippen LogP contribution in [0.5, 0.6) is 5.75 Å². The van der Waals surface area contributed by atoms with Gasteiger partial charge in [-0.1, -0.05) is 13.0 Å². The monoisotopic (exact) mass is 424 g/mol. The predicted octanol–water partition coefficient (Wildman–Crippen LogP) is 3.55. The van der Waals surface area contributed by atoms with Crippen molar-refractivity contribution in [3.8, 4) is 5.75 Å². The average molecular weight is 424 g/mol. The molecule has 3 aromatic rings. The highest BCUT2D eigenvalue weighted by Crippen LogP contribution is 2.27. The molecule has 1 saturated heterocycles. The maximum Gasteiger partial charge on any atom is 0.336 e. The molecule has 7 heteroatoms. The highest BCUT2D eigenvalue weighted by molar-refractivity contribution is 5.94. The van der Waals surface area contributed by atoms with E-state index >= 15 is 0 Å². The Kier molecular flexibility index (Phi) is 6.04. The van der Waals surface area contributed by atoms with Gasteiger partial charge in [0.05, 0.1) is 0 Å². The van der Waals surface area contributed by atoms with Crippen LogP contribution >= 0.6 is 0 Å². The van der Waals surface area contributed by atoms with Crippen molar-refractivity contribution in [1.82, 2.24) is 9.80 Å². The molecule has 2 aromatic carbocycles. The van der Waals surface area contributed by atoms with E-state index in [1.54, 1.807) is 17.0 Å². The van der Waals surface area contributed by atoms with Gasteiger partial charge in [-0.3, -0.25) is 9.69 Å². The van der Waals surface area contributed by atoms with E-state index in [1.165, 1.54) is 24.3 Å². The molecule has 1 N–H and O–H groups in total. The summed E-state index contributed by atoms with van der Waals surface area (Å²) in [6.07, 6.45) is 1.45. The zero-order chi connectivity index (χ0) is 22.0. The van der Waals surface area contributed by atoms with Crippen LogP contribution in [0.25, 0.3) is 11.0 Å². The molecule has 1 aromatic heterocycles. The second-order valence-electron chi connectivity index (χ2n) is 7.85. The first-order valence-corrected chi connectivity index (χ1v) is 10.5. The molecular weight excluding hydrogens is 399 g/mol. The minimum atomic E-state index is -0.455. The highest BCUT2D eigenvalue weighted by atomic mass is 19.1. The number of fused-ring (bicyclic) bond motifs is 1. The zero-order valence-corrected chi connectivity index (χ0v) is 17.4. The van der Waals surface area contributed by atoms with Crippen LogP contribution in [-0.2, 0) is 13.0 Å². The fraction of sp³-hybridized carbons (Fsp3) is 0.333. The predicted molar refractivity (Wildman–Crippen MR) is 116 cm³/mol. The van der Waals surface area contributed by atoms with Gasteiger partial charge < -0.3 is 14.4 Å². The SMILES string of the molecule is CCc1cc2c(CN3CCCN(C(=O)c4cccc(F)c4)CC3)cc(=O)oc2cc1O. The van der Waals surface area contributed by atoms with E-state index in [0.717, 1.165) is 29.5 Å². The lowest BCUT2D eigenvalue weighted by molar-refractivity contribution is 0.0760. The molecule has 31 heavy (non-hydrogen) atoms. The van der Waals surface area contributed by atoms with E-state index in [4.69, 9.17) is 4.42 Å². The number of phenolic OH excluding ortho intramolecular Hbond substituents is 1. The Morgan fingerprint density at radius 1 is 1.10 bits per heavy atom. The number of aryl methyl sites for hydroxylation is 1. The van der Waals surface area contributed by atoms with Crippen molar-refractivity contribution in [3.05, 3.63) is 75.4 Å². The van der Waals surface area contributed by atoms with E-state index in [0.29, 0.717) is 43.7 Å². The van der Waals surface area contributed by atoms with Crippen molar-refractivity contribution < 1.29 is 18.7 Å². The van der Waals surface area contributed by atoms with Crippen LogP contribution in [0.2, 0.25) is 0 Å². The Morgan fingerprint density at radius 3 is 2.71 bits per heavy atom. The van der Waals surface area contributed by atoms with Gasteiger partial charge in [0.25, 0.3) is 5.91 Å². The third-order valence-corrected chi connectivity index (χ3v) is 5.75. The zero-order valence-electron chi connectivity index (χ0n) is 17.4. The molecule has 1 aliphatic rings. The van der Waals surface area contributed by atoms with Gasteiger partial charge in [0.15, 0.2) is 0 Å². The number of halogens is 1. The number of carbonyl (C=O) groups excluding carboxylic acids is 1. The molecule has 1 fully saturated rings. The number of rotatable bonds is 4. The van der Waals surface area contributed by atoms with Gasteiger partial charge in [0.2, 0.25) is 0 Å². The first kappa shape index (κ1) is 21.1. The summed E-state index contributed by atoms with van der Waals surface area (Å²) in [4.78, 5) is 28.8. The lowest BCUT2D eigenvalue weighted by Gasteiger charge is -2.22. The highest BCUT2D eigenvalue weighted by Gasteiger charge is 2.21. The van der Waals surface area contributed by atoms with Crippen LogP contribution in [0.3, 0.4) is 0 Å². The molecule has 1 aliphatic heterocycles. The van der Waals surface area contributed by atoms with Crippen molar-refractivity contribution >= 4 is 16.9 Å². The third kappa shape index (κ3) is 4.61. The van der Waals surface area contributed by atoms with Gasteiger partial charge in [-0.2, -0.15) is 0 Å². The summed E-state index contributed by atoms with van der Waals surface area (Å²) in [6, 6.07) is 10.6. The van der Waals surface area contributed by atoms with Crippen LogP contribution in [0.15, 0.2) is 51.7 Å². The molecule has 0 spiro atoms. The van der Waals surface area contributed by atoms with Crippen LogP contribution in [0.1, 0.15) is 34.8 Å². The summed E-state index contributed by atoms with van der Waals surface area (Å²) < 4.78 is 18.8. The van der Waals surface area contributed by atoms with E-state index in [1.807, 2.05) is 13.0 Å². The van der Waals surface area contributed by atoms with Crippen molar-refractivity contribution in [3.63, 3.8) is 0 Å². The molecule has 0 unspecified atom stereocenters. The number of carbonyl (C=O) groups is 1. The summed E-state index contributed by atoms with van der Waals surface area (Å²) in [6.45, 7) is 5.03. The van der Waals surface area contributed by atoms with Crippen LogP contribution in [0.4, 0.5) is 4.39 Å². The average Bonchev–Trinajstić information content (AvgIpc) is 2.98. The number of nitrogens with zero attached hydrogens (tertiary/aromatic N) is 2. The van der Waals surface area contributed by atoms with Gasteiger partial charge in [0, 0.05) is 55.8 Å². The van der Waals surface area contributed by atoms with Gasteiger partial charge in [-0.05, 0) is 48.2 Å². The smallest absolute Gasteiger partial charge is 0.336 e. The van der Waals surface area contributed by atoms with E-state index < -0.39 is 11.4 Å². The molecule has 0 atom stereocenters. The molecule has 6 nitrogen and oxygen atoms in total. The Hall–Kier alpha value is -3.19. The molecule has 162 valence electrons.